The van der Waals surface area contributed by atoms with Gasteiger partial charge < -0.3 is 9.84 Å². The van der Waals surface area contributed by atoms with Gasteiger partial charge in [-0.05, 0) is 38.0 Å². The minimum Gasteiger partial charge on any atom is -0.390 e. The molecular formula is C12H23NO4S. The van der Waals surface area contributed by atoms with Crippen molar-refractivity contribution in [2.45, 2.75) is 44.3 Å². The van der Waals surface area contributed by atoms with Crippen LogP contribution in [0.15, 0.2) is 0 Å². The number of hydrogen-bond donors (Lipinski definition) is 1. The van der Waals surface area contributed by atoms with Gasteiger partial charge in [0.2, 0.25) is 10.0 Å². The molecule has 18 heavy (non-hydrogen) atoms. The SMILES string of the molecule is CS(=O)(=O)N1CCCC(CC(O)C2CCCO2)C1. The van der Waals surface area contributed by atoms with Gasteiger partial charge in [0.25, 0.3) is 0 Å². The van der Waals surface area contributed by atoms with Crippen molar-refractivity contribution in [2.24, 2.45) is 5.92 Å². The summed E-state index contributed by atoms with van der Waals surface area (Å²) in [4.78, 5) is 0. The molecule has 0 saturated carbocycles. The van der Waals surface area contributed by atoms with Crippen LogP contribution in [0, 0.1) is 5.92 Å². The largest absolute Gasteiger partial charge is 0.390 e. The Hall–Kier alpha value is -0.170. The quantitative estimate of drug-likeness (QED) is 0.816. The third kappa shape index (κ3) is 3.66. The highest BCUT2D eigenvalue weighted by molar-refractivity contribution is 7.88. The van der Waals surface area contributed by atoms with E-state index in [1.807, 2.05) is 0 Å². The lowest BCUT2D eigenvalue weighted by molar-refractivity contribution is -0.0164. The number of aliphatic hydroxyl groups excluding tert-OH is 1. The van der Waals surface area contributed by atoms with Crippen LogP contribution in [0.5, 0.6) is 0 Å². The second kappa shape index (κ2) is 5.86. The molecule has 0 aromatic heterocycles. The second-order valence-electron chi connectivity index (χ2n) is 5.48. The van der Waals surface area contributed by atoms with Crippen molar-refractivity contribution < 1.29 is 18.3 Å². The first kappa shape index (κ1) is 14.2. The van der Waals surface area contributed by atoms with Gasteiger partial charge in [0.05, 0.1) is 18.5 Å². The molecule has 0 radical (unpaired) electrons. The van der Waals surface area contributed by atoms with E-state index in [0.29, 0.717) is 19.5 Å². The second-order valence-corrected chi connectivity index (χ2v) is 7.47. The fourth-order valence-corrected chi connectivity index (χ4v) is 3.86. The van der Waals surface area contributed by atoms with E-state index in [-0.39, 0.29) is 12.0 Å². The first-order valence-electron chi connectivity index (χ1n) is 6.71. The summed E-state index contributed by atoms with van der Waals surface area (Å²) in [6.07, 6.45) is 5.23. The van der Waals surface area contributed by atoms with E-state index < -0.39 is 16.1 Å². The molecule has 2 heterocycles. The Labute approximate surface area is 109 Å². The van der Waals surface area contributed by atoms with Crippen LogP contribution in [-0.4, -0.2) is 56.0 Å². The summed E-state index contributed by atoms with van der Waals surface area (Å²) in [5.41, 5.74) is 0. The number of hydrogen-bond acceptors (Lipinski definition) is 4. The van der Waals surface area contributed by atoms with Crippen LogP contribution in [-0.2, 0) is 14.8 Å². The van der Waals surface area contributed by atoms with Crippen molar-refractivity contribution in [1.29, 1.82) is 0 Å². The third-order valence-corrected chi connectivity index (χ3v) is 5.19. The maximum Gasteiger partial charge on any atom is 0.211 e. The Morgan fingerprint density at radius 3 is 2.78 bits per heavy atom. The van der Waals surface area contributed by atoms with E-state index >= 15 is 0 Å². The Bertz CT molecular complexity index is 364. The molecule has 6 heteroatoms. The summed E-state index contributed by atoms with van der Waals surface area (Å²) < 4.78 is 30.0. The number of rotatable bonds is 4. The Kier molecular flexibility index (Phi) is 4.64. The minimum absolute atomic E-state index is 0.0430. The molecule has 0 spiro atoms. The first-order valence-corrected chi connectivity index (χ1v) is 8.56. The maximum absolute atomic E-state index is 11.5. The maximum atomic E-state index is 11.5. The summed E-state index contributed by atoms with van der Waals surface area (Å²) in [6, 6.07) is 0. The minimum atomic E-state index is -3.09. The monoisotopic (exact) mass is 277 g/mol. The van der Waals surface area contributed by atoms with Crippen molar-refractivity contribution in [3.05, 3.63) is 0 Å². The Morgan fingerprint density at radius 2 is 2.17 bits per heavy atom. The number of nitrogens with zero attached hydrogens (tertiary/aromatic N) is 1. The van der Waals surface area contributed by atoms with Crippen LogP contribution >= 0.6 is 0 Å². The van der Waals surface area contributed by atoms with Gasteiger partial charge in [-0.25, -0.2) is 12.7 Å². The first-order chi connectivity index (χ1) is 8.47. The van der Waals surface area contributed by atoms with Gasteiger partial charge >= 0.3 is 0 Å². The highest BCUT2D eigenvalue weighted by Crippen LogP contribution is 2.26. The zero-order valence-electron chi connectivity index (χ0n) is 10.9. The smallest absolute Gasteiger partial charge is 0.211 e. The molecule has 0 aliphatic carbocycles. The number of piperidine rings is 1. The van der Waals surface area contributed by atoms with E-state index in [0.717, 1.165) is 32.3 Å². The van der Waals surface area contributed by atoms with E-state index in [1.165, 1.54) is 10.6 Å². The van der Waals surface area contributed by atoms with Crippen molar-refractivity contribution in [2.75, 3.05) is 26.0 Å². The average Bonchev–Trinajstić information content (AvgIpc) is 2.81. The van der Waals surface area contributed by atoms with Crippen molar-refractivity contribution in [1.82, 2.24) is 4.31 Å². The van der Waals surface area contributed by atoms with Crippen molar-refractivity contribution in [3.8, 4) is 0 Å². The lowest BCUT2D eigenvalue weighted by Gasteiger charge is -2.32. The zero-order chi connectivity index (χ0) is 13.2. The molecule has 2 rings (SSSR count). The summed E-state index contributed by atoms with van der Waals surface area (Å²) in [7, 11) is -3.09. The Morgan fingerprint density at radius 1 is 1.39 bits per heavy atom. The molecule has 2 aliphatic rings. The van der Waals surface area contributed by atoms with Gasteiger partial charge in [-0.2, -0.15) is 0 Å². The van der Waals surface area contributed by atoms with E-state index in [9.17, 15) is 13.5 Å². The topological polar surface area (TPSA) is 66.8 Å². The summed E-state index contributed by atoms with van der Waals surface area (Å²) in [6.45, 7) is 1.90. The van der Waals surface area contributed by atoms with E-state index in [2.05, 4.69) is 0 Å². The molecular weight excluding hydrogens is 254 g/mol. The average molecular weight is 277 g/mol. The summed E-state index contributed by atoms with van der Waals surface area (Å²) >= 11 is 0. The molecule has 0 bridgehead atoms. The number of sulfonamides is 1. The molecule has 0 amide bonds. The highest BCUT2D eigenvalue weighted by atomic mass is 32.2. The van der Waals surface area contributed by atoms with Crippen LogP contribution in [0.2, 0.25) is 0 Å². The van der Waals surface area contributed by atoms with Crippen LogP contribution < -0.4 is 0 Å². The molecule has 0 aromatic carbocycles. The third-order valence-electron chi connectivity index (χ3n) is 3.92. The van der Waals surface area contributed by atoms with Gasteiger partial charge in [0, 0.05) is 19.7 Å². The standard InChI is InChI=1S/C12H23NO4S/c1-18(15,16)13-6-2-4-10(9-13)8-11(14)12-5-3-7-17-12/h10-12,14H,2-9H2,1H3. The number of aliphatic hydroxyl groups is 1. The molecule has 3 unspecified atom stereocenters. The van der Waals surface area contributed by atoms with Gasteiger partial charge in [-0.3, -0.25) is 0 Å². The fourth-order valence-electron chi connectivity index (χ4n) is 2.92. The predicted octanol–water partition coefficient (Wildman–Crippen LogP) is 0.588. The van der Waals surface area contributed by atoms with Crippen LogP contribution in [0.4, 0.5) is 0 Å². The molecule has 0 aromatic rings. The normalized spacial score (nSPS) is 32.6. The van der Waals surface area contributed by atoms with Gasteiger partial charge in [-0.1, -0.05) is 0 Å². The predicted molar refractivity (Wildman–Crippen MR) is 68.7 cm³/mol. The molecule has 106 valence electrons. The van der Waals surface area contributed by atoms with Crippen molar-refractivity contribution in [3.63, 3.8) is 0 Å². The van der Waals surface area contributed by atoms with Crippen molar-refractivity contribution >= 4 is 10.0 Å². The van der Waals surface area contributed by atoms with Gasteiger partial charge in [-0.15, -0.1) is 0 Å². The Balaban J connectivity index is 1.85. The van der Waals surface area contributed by atoms with E-state index in [4.69, 9.17) is 4.74 Å². The fraction of sp³-hybridized carbons (Fsp3) is 1.00. The van der Waals surface area contributed by atoms with Crippen LogP contribution in [0.3, 0.4) is 0 Å². The number of ether oxygens (including phenoxy) is 1. The molecule has 1 N–H and O–H groups in total. The summed E-state index contributed by atoms with van der Waals surface area (Å²) in [5, 5.41) is 10.1. The van der Waals surface area contributed by atoms with Gasteiger partial charge in [0.1, 0.15) is 0 Å². The molecule has 3 atom stereocenters. The van der Waals surface area contributed by atoms with Crippen LogP contribution in [0.25, 0.3) is 0 Å². The lowest BCUT2D eigenvalue weighted by atomic mass is 9.91. The molecule has 5 nitrogen and oxygen atoms in total. The lowest BCUT2D eigenvalue weighted by Crippen LogP contribution is -2.41. The molecule has 2 fully saturated rings. The zero-order valence-corrected chi connectivity index (χ0v) is 11.7. The van der Waals surface area contributed by atoms with Gasteiger partial charge in [0.15, 0.2) is 0 Å². The van der Waals surface area contributed by atoms with Crippen LogP contribution in [0.1, 0.15) is 32.1 Å². The summed E-state index contributed by atoms with van der Waals surface area (Å²) in [5.74, 6) is 0.257. The highest BCUT2D eigenvalue weighted by Gasteiger charge is 2.31. The van der Waals surface area contributed by atoms with E-state index in [1.54, 1.807) is 0 Å². The molecule has 2 saturated heterocycles. The molecule has 2 aliphatic heterocycles.